The minimum atomic E-state index is -0.879. The number of hydrazine groups is 2. The number of nitrogens with one attached hydrogen (secondary N) is 4. The van der Waals surface area contributed by atoms with Crippen molar-refractivity contribution >= 4 is 11.6 Å². The smallest absolute Gasteiger partial charge is 0.655 e. The number of carbonyl (C=O) groups is 1. The predicted octanol–water partition coefficient (Wildman–Crippen LogP) is 5.51. The van der Waals surface area contributed by atoms with Gasteiger partial charge in [0.1, 0.15) is 23.6 Å². The first-order valence-electron chi connectivity index (χ1n) is 22.2. The van der Waals surface area contributed by atoms with E-state index in [4.69, 9.17) is 19.5 Å². The van der Waals surface area contributed by atoms with Crippen molar-refractivity contribution < 1.29 is 43.6 Å². The van der Waals surface area contributed by atoms with Crippen LogP contribution in [0.4, 0.5) is 0 Å². The third-order valence-corrected chi connectivity index (χ3v) is 14.7. The van der Waals surface area contributed by atoms with E-state index in [1.807, 2.05) is 26.1 Å². The van der Waals surface area contributed by atoms with Gasteiger partial charge >= 0.3 is 26.0 Å². The van der Waals surface area contributed by atoms with Crippen LogP contribution in [0.1, 0.15) is 121 Å². The molecule has 15 nitrogen and oxygen atoms in total. The average molecular weight is 1010 g/mol. The van der Waals surface area contributed by atoms with E-state index in [1.165, 1.54) is 24.8 Å². The van der Waals surface area contributed by atoms with Crippen molar-refractivity contribution in [2.45, 2.75) is 147 Å². The molecule has 5 heterocycles. The number of hydrogen-bond acceptors (Lipinski definition) is 11. The molecule has 8 atom stereocenters. The molecule has 16 heteroatoms. The minimum Gasteiger partial charge on any atom is -0.655 e. The number of pyridine rings is 1. The Morgan fingerprint density at radius 3 is 2.54 bits per heavy atom. The van der Waals surface area contributed by atoms with Gasteiger partial charge in [-0.3, -0.25) is 19.7 Å². The zero-order valence-corrected chi connectivity index (χ0v) is 38.7. The number of ether oxygens (including phenoxy) is 2. The molecule has 1 aromatic heterocycles. The van der Waals surface area contributed by atoms with Gasteiger partial charge < -0.3 is 31.1 Å². The summed E-state index contributed by atoms with van der Waals surface area (Å²) in [5, 5.41) is 26.7. The number of fused-ring (bicyclic) bond motifs is 1. The zero-order valence-electron chi connectivity index (χ0n) is 36.2. The molecule has 7 unspecified atom stereocenters. The normalized spacial score (nSPS) is 35.7. The first kappa shape index (κ1) is 45.5. The summed E-state index contributed by atoms with van der Waals surface area (Å²) < 4.78 is 10.8. The van der Waals surface area contributed by atoms with E-state index >= 15 is 0 Å². The number of aromatic nitrogens is 1. The minimum absolute atomic E-state index is 0. The Morgan fingerprint density at radius 2 is 1.89 bits per heavy atom. The molecule has 2 saturated carbocycles. The van der Waals surface area contributed by atoms with Crippen LogP contribution in [0, 0.1) is 51.7 Å². The largest absolute Gasteiger partial charge is 2.00 e. The zero-order chi connectivity index (χ0) is 42.2. The molecule has 8 rings (SSSR count). The number of carbonyl (C=O) groups excluding carboxylic acids is 1. The Morgan fingerprint density at radius 1 is 1.11 bits per heavy atom. The molecule has 1 spiro atoms. The van der Waals surface area contributed by atoms with Crippen LogP contribution in [-0.4, -0.2) is 93.9 Å². The van der Waals surface area contributed by atoms with Gasteiger partial charge in [-0.2, -0.15) is 18.1 Å². The van der Waals surface area contributed by atoms with Gasteiger partial charge in [0.05, 0.1) is 35.5 Å². The number of amides is 1. The van der Waals surface area contributed by atoms with Crippen molar-refractivity contribution in [1.82, 2.24) is 31.5 Å². The Hall–Kier alpha value is -3.56. The van der Waals surface area contributed by atoms with Crippen LogP contribution < -0.4 is 31.1 Å². The van der Waals surface area contributed by atoms with E-state index in [2.05, 4.69) is 58.0 Å². The molecule has 4 N–H and O–H groups in total. The number of hydroxylamine groups is 3. The van der Waals surface area contributed by atoms with Crippen LogP contribution >= 0.6 is 0 Å². The maximum absolute atomic E-state index is 14.1. The molecule has 3 saturated heterocycles. The van der Waals surface area contributed by atoms with Crippen LogP contribution in [0.5, 0.6) is 11.5 Å². The molecule has 1 amide bonds. The standard InChI is InChI=1S/C45H63N10O5.Os/c1-6-28(2)37-26-55(58)30(4)52-54(57)44(55)29(3)48-42(37)38-14-8-33(25-47-38)31-17-19-45(20-18-31)21-22-53(27-45)41-16-15-39(50-51-41)43(56)49-34-9-12-35(13-10-34)60-36-11-7-32(24-46)40(23-36)59-5;/h6-8,11,14,23,25-26,28-31,34-35,37,39,41,44,50-51H,9-10,12-13,15-22,27H2,1-5H3,(H,49,56)(H,52,57);/q-1;+2/t28?,29-,30?,31?,34?,35?,37?,39?,41?,44?,45?,55?;/m0./s1. The van der Waals surface area contributed by atoms with Crippen LogP contribution in [-0.2, 0) is 24.6 Å². The number of nitriles is 1. The first-order valence-corrected chi connectivity index (χ1v) is 22.2. The fraction of sp³-hybridized carbons (Fsp3) is 0.644. The molecule has 0 bridgehead atoms. The number of hydrogen-bond donors (Lipinski definition) is 4. The number of nitrogens with zero attached hydrogens (tertiary/aromatic N) is 6. The van der Waals surface area contributed by atoms with Crippen molar-refractivity contribution in [3.63, 3.8) is 0 Å². The molecular formula is C45H63N10O5Os+. The number of quaternary nitrogens is 1. The maximum Gasteiger partial charge on any atom is 2.00 e. The summed E-state index contributed by atoms with van der Waals surface area (Å²) >= 11 is 0. The molecule has 0 radical (unpaired) electrons. The maximum atomic E-state index is 14.1. The summed E-state index contributed by atoms with van der Waals surface area (Å²) in [6.07, 6.45) is 13.9. The van der Waals surface area contributed by atoms with E-state index in [1.54, 1.807) is 32.7 Å². The third-order valence-electron chi connectivity index (χ3n) is 14.7. The molecule has 6 aliphatic rings. The average Bonchev–Trinajstić information content (AvgIpc) is 3.73. The molecule has 5 fully saturated rings. The summed E-state index contributed by atoms with van der Waals surface area (Å²) in [4.78, 5) is 39.4. The van der Waals surface area contributed by atoms with E-state index in [0.29, 0.717) is 33.3 Å². The quantitative estimate of drug-likeness (QED) is 0.102. The van der Waals surface area contributed by atoms with E-state index in [9.17, 15) is 20.2 Å². The Labute approximate surface area is 373 Å². The number of likely N-dealkylation sites (tertiary alicyclic amines) is 1. The van der Waals surface area contributed by atoms with E-state index in [-0.39, 0.29) is 61.9 Å². The van der Waals surface area contributed by atoms with Gasteiger partial charge in [-0.25, -0.2) is 10.9 Å². The second kappa shape index (κ2) is 19.0. The van der Waals surface area contributed by atoms with Gasteiger partial charge in [0.25, 0.3) is 0 Å². The summed E-state index contributed by atoms with van der Waals surface area (Å²) in [5.74, 6) is 1.51. The van der Waals surface area contributed by atoms with Crippen LogP contribution in [0.25, 0.3) is 0 Å². The molecule has 61 heavy (non-hydrogen) atoms. The molecule has 2 aliphatic carbocycles. The summed E-state index contributed by atoms with van der Waals surface area (Å²) in [6.45, 7) is 11.6. The number of rotatable bonds is 10. The Kier molecular flexibility index (Phi) is 14.2. The first-order chi connectivity index (χ1) is 28.9. The summed E-state index contributed by atoms with van der Waals surface area (Å²) in [5.41, 5.74) is 13.3. The number of nitroso groups, excluding NO2 is 1. The molecule has 1 aromatic carbocycles. The van der Waals surface area contributed by atoms with Crippen molar-refractivity contribution in [3.05, 3.63) is 76.4 Å². The van der Waals surface area contributed by atoms with Gasteiger partial charge in [-0.1, -0.05) is 24.3 Å². The third kappa shape index (κ3) is 9.39. The van der Waals surface area contributed by atoms with Gasteiger partial charge in [-0.05, 0) is 113 Å². The second-order valence-corrected chi connectivity index (χ2v) is 18.4. The fourth-order valence-electron chi connectivity index (χ4n) is 10.8. The molecule has 330 valence electrons. The van der Waals surface area contributed by atoms with Crippen LogP contribution in [0.15, 0.2) is 41.5 Å². The molecule has 4 aliphatic heterocycles. The van der Waals surface area contributed by atoms with E-state index in [0.717, 1.165) is 75.9 Å². The van der Waals surface area contributed by atoms with Gasteiger partial charge in [0.15, 0.2) is 17.1 Å². The monoisotopic (exact) mass is 1020 g/mol. The molecule has 2 aromatic rings. The predicted molar refractivity (Wildman–Crippen MR) is 226 cm³/mol. The van der Waals surface area contributed by atoms with Crippen molar-refractivity contribution in [2.75, 3.05) is 20.2 Å². The number of aliphatic imine (C=N–C) groups is 1. The van der Waals surface area contributed by atoms with Crippen molar-refractivity contribution in [1.29, 1.82) is 5.26 Å². The topological polar surface area (TPSA) is 179 Å². The van der Waals surface area contributed by atoms with Crippen LogP contribution in [0.3, 0.4) is 0 Å². The van der Waals surface area contributed by atoms with Gasteiger partial charge in [-0.15, -0.1) is 6.54 Å². The van der Waals surface area contributed by atoms with Crippen molar-refractivity contribution in [3.8, 4) is 17.6 Å². The Bertz CT molecular complexity index is 1940. The number of benzene rings is 1. The number of methoxy groups -OCH3 is 1. The van der Waals surface area contributed by atoms with Gasteiger partial charge in [0.2, 0.25) is 5.91 Å². The van der Waals surface area contributed by atoms with Crippen LogP contribution in [0.2, 0.25) is 0 Å². The van der Waals surface area contributed by atoms with Crippen molar-refractivity contribution in [2.24, 2.45) is 22.2 Å². The second-order valence-electron chi connectivity index (χ2n) is 18.4. The Balaban J connectivity index is 0.00000561. The fourth-order valence-corrected chi connectivity index (χ4v) is 10.8. The van der Waals surface area contributed by atoms with Gasteiger partial charge in [0, 0.05) is 44.0 Å². The SMILES string of the molecule is C[CH-]C(C)C1[CH-][N+]2([O-])C(C)N[N+](=O)C2[C@H](C)N=C1c1ccc(C2CCC3(CC2)CCN(C2CCC(C(=O)NC4CCC(Oc5ccc(C#N)c(OC)c5)CC4)NN2)C3)cn1.[Os+2]. The summed E-state index contributed by atoms with van der Waals surface area (Å²) in [7, 11) is 1.55. The molecular weight excluding hydrogens is 951 g/mol. The van der Waals surface area contributed by atoms with E-state index < -0.39 is 23.0 Å². The summed E-state index contributed by atoms with van der Waals surface area (Å²) in [6, 6.07) is 11.1.